The average Bonchev–Trinajstić information content (AvgIpc) is 2.53. The maximum atomic E-state index is 9.14. The minimum Gasteiger partial charge on any atom is -0.313 e. The molecule has 0 heterocycles. The minimum absolute atomic E-state index is 0.258. The summed E-state index contributed by atoms with van der Waals surface area (Å²) in [6, 6.07) is 2.95. The maximum Gasteiger partial charge on any atom is 0.0672 e. The van der Waals surface area contributed by atoms with E-state index in [0.717, 1.165) is 13.0 Å². The van der Waals surface area contributed by atoms with E-state index in [1.807, 2.05) is 0 Å². The van der Waals surface area contributed by atoms with Gasteiger partial charge in [-0.1, -0.05) is 45.4 Å². The van der Waals surface area contributed by atoms with Gasteiger partial charge in [-0.15, -0.1) is 0 Å². The summed E-state index contributed by atoms with van der Waals surface area (Å²) in [5.74, 6) is 0.258. The smallest absolute Gasteiger partial charge is 0.0672 e. The average molecular weight is 222 g/mol. The third-order valence-corrected chi connectivity index (χ3v) is 3.62. The molecule has 0 radical (unpaired) electrons. The number of hydrogen-bond acceptors (Lipinski definition) is 2. The van der Waals surface area contributed by atoms with Gasteiger partial charge in [-0.2, -0.15) is 5.26 Å². The Bertz CT molecular complexity index is 207. The summed E-state index contributed by atoms with van der Waals surface area (Å²) in [7, 11) is 0. The van der Waals surface area contributed by atoms with Crippen LogP contribution in [-0.4, -0.2) is 12.6 Å². The molecule has 1 rings (SSSR count). The zero-order chi connectivity index (χ0) is 11.6. The first-order valence-corrected chi connectivity index (χ1v) is 7.01. The summed E-state index contributed by atoms with van der Waals surface area (Å²) >= 11 is 0. The monoisotopic (exact) mass is 222 g/mol. The Labute approximate surface area is 100 Å². The standard InChI is InChI=1S/C14H26N2/c1-2-3-4-8-11-16-14-10-7-5-6-9-13(14)12-15/h13-14,16H,2-11H2,1H3. The van der Waals surface area contributed by atoms with Gasteiger partial charge in [-0.25, -0.2) is 0 Å². The van der Waals surface area contributed by atoms with E-state index < -0.39 is 0 Å². The van der Waals surface area contributed by atoms with Crippen LogP contribution in [0, 0.1) is 17.2 Å². The summed E-state index contributed by atoms with van der Waals surface area (Å²) in [5.41, 5.74) is 0. The molecule has 16 heavy (non-hydrogen) atoms. The van der Waals surface area contributed by atoms with Crippen LogP contribution in [0.4, 0.5) is 0 Å². The van der Waals surface area contributed by atoms with Crippen molar-refractivity contribution in [3.63, 3.8) is 0 Å². The third-order valence-electron chi connectivity index (χ3n) is 3.62. The van der Waals surface area contributed by atoms with Crippen LogP contribution in [0.3, 0.4) is 0 Å². The lowest BCUT2D eigenvalue weighted by Gasteiger charge is -2.20. The van der Waals surface area contributed by atoms with Gasteiger partial charge < -0.3 is 5.32 Å². The maximum absolute atomic E-state index is 9.14. The molecule has 0 aliphatic heterocycles. The molecular weight excluding hydrogens is 196 g/mol. The lowest BCUT2D eigenvalue weighted by Crippen LogP contribution is -2.35. The van der Waals surface area contributed by atoms with Gasteiger partial charge in [0.15, 0.2) is 0 Å². The number of rotatable bonds is 6. The van der Waals surface area contributed by atoms with Crippen molar-refractivity contribution in [1.29, 1.82) is 5.26 Å². The molecule has 0 spiro atoms. The van der Waals surface area contributed by atoms with E-state index >= 15 is 0 Å². The van der Waals surface area contributed by atoms with Crippen LogP contribution in [0.25, 0.3) is 0 Å². The zero-order valence-corrected chi connectivity index (χ0v) is 10.7. The largest absolute Gasteiger partial charge is 0.313 e. The molecule has 2 atom stereocenters. The number of nitrogens with zero attached hydrogens (tertiary/aromatic N) is 1. The molecule has 1 aliphatic rings. The van der Waals surface area contributed by atoms with Gasteiger partial charge in [0.2, 0.25) is 0 Å². The van der Waals surface area contributed by atoms with Crippen LogP contribution in [0.1, 0.15) is 64.7 Å². The fourth-order valence-corrected chi connectivity index (χ4v) is 2.55. The molecule has 0 bridgehead atoms. The highest BCUT2D eigenvalue weighted by molar-refractivity contribution is 4.93. The van der Waals surface area contributed by atoms with Crippen LogP contribution >= 0.6 is 0 Å². The van der Waals surface area contributed by atoms with E-state index in [9.17, 15) is 0 Å². The predicted octanol–water partition coefficient (Wildman–Crippen LogP) is 3.63. The van der Waals surface area contributed by atoms with E-state index in [0.29, 0.717) is 6.04 Å². The summed E-state index contributed by atoms with van der Waals surface area (Å²) in [4.78, 5) is 0. The van der Waals surface area contributed by atoms with Crippen molar-refractivity contribution >= 4 is 0 Å². The van der Waals surface area contributed by atoms with Gasteiger partial charge in [0, 0.05) is 6.04 Å². The highest BCUT2D eigenvalue weighted by atomic mass is 14.9. The molecule has 1 N–H and O–H groups in total. The van der Waals surface area contributed by atoms with E-state index in [-0.39, 0.29) is 5.92 Å². The Morgan fingerprint density at radius 3 is 2.69 bits per heavy atom. The lowest BCUT2D eigenvalue weighted by molar-refractivity contribution is 0.390. The lowest BCUT2D eigenvalue weighted by atomic mass is 9.96. The fraction of sp³-hybridized carbons (Fsp3) is 0.929. The van der Waals surface area contributed by atoms with Crippen LogP contribution in [0.5, 0.6) is 0 Å². The quantitative estimate of drug-likeness (QED) is 0.550. The molecule has 92 valence electrons. The summed E-state index contributed by atoms with van der Waals surface area (Å²) in [6.07, 6.45) is 11.4. The second kappa shape index (κ2) is 8.58. The molecule has 1 fully saturated rings. The number of nitriles is 1. The van der Waals surface area contributed by atoms with Crippen LogP contribution < -0.4 is 5.32 Å². The first-order chi connectivity index (χ1) is 7.88. The van der Waals surface area contributed by atoms with Gasteiger partial charge in [0.25, 0.3) is 0 Å². The summed E-state index contributed by atoms with van der Waals surface area (Å²) in [5, 5.41) is 12.7. The van der Waals surface area contributed by atoms with Crippen molar-refractivity contribution < 1.29 is 0 Å². The minimum atomic E-state index is 0.258. The second-order valence-corrected chi connectivity index (χ2v) is 4.99. The number of hydrogen-bond donors (Lipinski definition) is 1. The Morgan fingerprint density at radius 1 is 1.12 bits per heavy atom. The molecule has 2 heteroatoms. The molecule has 2 nitrogen and oxygen atoms in total. The Hall–Kier alpha value is -0.550. The van der Waals surface area contributed by atoms with Gasteiger partial charge in [-0.05, 0) is 25.8 Å². The van der Waals surface area contributed by atoms with Gasteiger partial charge in [-0.3, -0.25) is 0 Å². The van der Waals surface area contributed by atoms with E-state index in [4.69, 9.17) is 5.26 Å². The van der Waals surface area contributed by atoms with Crippen molar-refractivity contribution in [2.24, 2.45) is 5.92 Å². The van der Waals surface area contributed by atoms with E-state index in [1.165, 1.54) is 51.4 Å². The first-order valence-electron chi connectivity index (χ1n) is 7.01. The highest BCUT2D eigenvalue weighted by Crippen LogP contribution is 2.22. The van der Waals surface area contributed by atoms with Crippen molar-refractivity contribution in [2.45, 2.75) is 70.8 Å². The zero-order valence-electron chi connectivity index (χ0n) is 10.7. The third kappa shape index (κ3) is 4.99. The van der Waals surface area contributed by atoms with Crippen LogP contribution in [0.2, 0.25) is 0 Å². The van der Waals surface area contributed by atoms with Crippen molar-refractivity contribution in [1.82, 2.24) is 5.32 Å². The Balaban J connectivity index is 2.19. The van der Waals surface area contributed by atoms with Gasteiger partial charge in [0.1, 0.15) is 0 Å². The van der Waals surface area contributed by atoms with Crippen molar-refractivity contribution in [3.8, 4) is 6.07 Å². The first kappa shape index (κ1) is 13.5. The molecule has 0 amide bonds. The molecule has 1 saturated carbocycles. The highest BCUT2D eigenvalue weighted by Gasteiger charge is 2.22. The van der Waals surface area contributed by atoms with Crippen molar-refractivity contribution in [3.05, 3.63) is 0 Å². The van der Waals surface area contributed by atoms with E-state index in [2.05, 4.69) is 18.3 Å². The van der Waals surface area contributed by atoms with Gasteiger partial charge in [0.05, 0.1) is 12.0 Å². The molecular formula is C14H26N2. The normalized spacial score (nSPS) is 26.0. The summed E-state index contributed by atoms with van der Waals surface area (Å²) in [6.45, 7) is 3.34. The Kier molecular flexibility index (Phi) is 7.25. The topological polar surface area (TPSA) is 35.8 Å². The SMILES string of the molecule is CCCCCCNC1CCCCCC1C#N. The predicted molar refractivity (Wildman–Crippen MR) is 68.1 cm³/mol. The van der Waals surface area contributed by atoms with Crippen molar-refractivity contribution in [2.75, 3.05) is 6.54 Å². The van der Waals surface area contributed by atoms with Gasteiger partial charge >= 0.3 is 0 Å². The molecule has 1 aliphatic carbocycles. The summed E-state index contributed by atoms with van der Waals surface area (Å²) < 4.78 is 0. The van der Waals surface area contributed by atoms with E-state index in [1.54, 1.807) is 0 Å². The molecule has 0 aromatic carbocycles. The van der Waals surface area contributed by atoms with Crippen LogP contribution in [-0.2, 0) is 0 Å². The molecule has 2 unspecified atom stereocenters. The van der Waals surface area contributed by atoms with Crippen LogP contribution in [0.15, 0.2) is 0 Å². The molecule has 0 aromatic rings. The molecule has 0 saturated heterocycles. The Morgan fingerprint density at radius 2 is 1.94 bits per heavy atom. The second-order valence-electron chi connectivity index (χ2n) is 4.99. The number of unbranched alkanes of at least 4 members (excludes halogenated alkanes) is 3. The molecule has 0 aromatic heterocycles. The fourth-order valence-electron chi connectivity index (χ4n) is 2.55. The number of nitrogens with one attached hydrogen (secondary N) is 1.